The van der Waals surface area contributed by atoms with Crippen LogP contribution in [0.15, 0.2) is 18.3 Å². The molecule has 2 rings (SSSR count). The summed E-state index contributed by atoms with van der Waals surface area (Å²) in [6.07, 6.45) is 3.56. The van der Waals surface area contributed by atoms with E-state index >= 15 is 0 Å². The molecule has 1 aromatic rings. The molecule has 0 fully saturated rings. The van der Waals surface area contributed by atoms with Crippen LogP contribution in [-0.4, -0.2) is 30.5 Å². The highest BCUT2D eigenvalue weighted by Crippen LogP contribution is 2.35. The number of nitrogens with one attached hydrogen (secondary N) is 1. The van der Waals surface area contributed by atoms with Gasteiger partial charge in [-0.2, -0.15) is 0 Å². The standard InChI is InChI=1S/C14H23N3O2/c1-3-18-14(19-4-2)13(17-15)11-8-7-10-6-5-9-16-12(10)11/h5-6,9,11,13-14,17H,3-4,7-8,15H2,1-2H3. The van der Waals surface area contributed by atoms with Crippen molar-refractivity contribution in [3.63, 3.8) is 0 Å². The first-order chi connectivity index (χ1) is 9.31. The Balaban J connectivity index is 2.17. The molecule has 5 nitrogen and oxygen atoms in total. The largest absolute Gasteiger partial charge is 0.351 e. The first-order valence-electron chi connectivity index (χ1n) is 6.94. The number of ether oxygens (including phenoxy) is 2. The lowest BCUT2D eigenvalue weighted by molar-refractivity contribution is -0.158. The van der Waals surface area contributed by atoms with Gasteiger partial charge in [0.05, 0.1) is 6.04 Å². The number of hydrogen-bond donors (Lipinski definition) is 2. The van der Waals surface area contributed by atoms with Crippen molar-refractivity contribution in [2.45, 2.75) is 44.9 Å². The SMILES string of the molecule is CCOC(OCC)C(NN)C1CCc2cccnc21. The Morgan fingerprint density at radius 1 is 1.42 bits per heavy atom. The van der Waals surface area contributed by atoms with Gasteiger partial charge < -0.3 is 9.47 Å². The molecular weight excluding hydrogens is 242 g/mol. The average molecular weight is 265 g/mol. The smallest absolute Gasteiger partial charge is 0.174 e. The van der Waals surface area contributed by atoms with Gasteiger partial charge in [-0.05, 0) is 38.3 Å². The van der Waals surface area contributed by atoms with Crippen molar-refractivity contribution in [3.05, 3.63) is 29.6 Å². The van der Waals surface area contributed by atoms with Gasteiger partial charge in [-0.1, -0.05) is 6.07 Å². The minimum absolute atomic E-state index is 0.0731. The van der Waals surface area contributed by atoms with Gasteiger partial charge in [-0.15, -0.1) is 0 Å². The van der Waals surface area contributed by atoms with Crippen LogP contribution in [-0.2, 0) is 15.9 Å². The van der Waals surface area contributed by atoms with Crippen molar-refractivity contribution >= 4 is 0 Å². The molecule has 1 heterocycles. The van der Waals surface area contributed by atoms with Gasteiger partial charge in [0.25, 0.3) is 0 Å². The summed E-state index contributed by atoms with van der Waals surface area (Å²) in [5.41, 5.74) is 5.29. The molecule has 0 aromatic carbocycles. The van der Waals surface area contributed by atoms with Crippen LogP contribution in [0.1, 0.15) is 37.4 Å². The molecule has 0 spiro atoms. The van der Waals surface area contributed by atoms with E-state index in [0.29, 0.717) is 13.2 Å². The molecule has 1 aliphatic rings. The highest BCUT2D eigenvalue weighted by molar-refractivity contribution is 5.30. The van der Waals surface area contributed by atoms with Crippen LogP contribution in [0.3, 0.4) is 0 Å². The van der Waals surface area contributed by atoms with Gasteiger partial charge in [-0.3, -0.25) is 16.3 Å². The maximum atomic E-state index is 5.73. The summed E-state index contributed by atoms with van der Waals surface area (Å²) in [7, 11) is 0. The Hall–Kier alpha value is -1.01. The zero-order chi connectivity index (χ0) is 13.7. The molecule has 1 aliphatic carbocycles. The number of pyridine rings is 1. The lowest BCUT2D eigenvalue weighted by Gasteiger charge is -2.30. The fourth-order valence-corrected chi connectivity index (χ4v) is 2.76. The lowest BCUT2D eigenvalue weighted by atomic mass is 9.96. The molecule has 2 atom stereocenters. The van der Waals surface area contributed by atoms with E-state index in [1.807, 2.05) is 26.1 Å². The maximum Gasteiger partial charge on any atom is 0.174 e. The number of rotatable bonds is 7. The summed E-state index contributed by atoms with van der Waals surface area (Å²) in [5, 5.41) is 0. The van der Waals surface area contributed by atoms with Gasteiger partial charge in [0.1, 0.15) is 0 Å². The van der Waals surface area contributed by atoms with Crippen LogP contribution < -0.4 is 11.3 Å². The number of nitrogens with two attached hydrogens (primary N) is 1. The summed E-state index contributed by atoms with van der Waals surface area (Å²) < 4.78 is 11.3. The molecule has 0 aliphatic heterocycles. The van der Waals surface area contributed by atoms with Gasteiger partial charge in [0, 0.05) is 31.0 Å². The predicted octanol–water partition coefficient (Wildman–Crippen LogP) is 1.34. The Labute approximate surface area is 114 Å². The molecule has 0 radical (unpaired) electrons. The Bertz CT molecular complexity index is 394. The summed E-state index contributed by atoms with van der Waals surface area (Å²) >= 11 is 0. The first-order valence-corrected chi connectivity index (χ1v) is 6.94. The van der Waals surface area contributed by atoms with E-state index in [9.17, 15) is 0 Å². The molecule has 0 saturated carbocycles. The second-order valence-corrected chi connectivity index (χ2v) is 4.66. The van der Waals surface area contributed by atoms with E-state index in [0.717, 1.165) is 18.5 Å². The topological polar surface area (TPSA) is 69.4 Å². The van der Waals surface area contributed by atoms with E-state index in [-0.39, 0.29) is 18.2 Å². The zero-order valence-corrected chi connectivity index (χ0v) is 11.6. The maximum absolute atomic E-state index is 5.73. The normalized spacial score (nSPS) is 19.7. The first kappa shape index (κ1) is 14.4. The predicted molar refractivity (Wildman–Crippen MR) is 73.5 cm³/mol. The van der Waals surface area contributed by atoms with Crippen LogP contribution in [0.25, 0.3) is 0 Å². The minimum atomic E-state index is -0.335. The van der Waals surface area contributed by atoms with Crippen molar-refractivity contribution in [2.24, 2.45) is 5.84 Å². The Morgan fingerprint density at radius 3 is 2.79 bits per heavy atom. The quantitative estimate of drug-likeness (QED) is 0.442. The van der Waals surface area contributed by atoms with E-state index in [1.54, 1.807) is 0 Å². The van der Waals surface area contributed by atoms with Crippen molar-refractivity contribution in [2.75, 3.05) is 13.2 Å². The van der Waals surface area contributed by atoms with Crippen LogP contribution in [0.5, 0.6) is 0 Å². The average Bonchev–Trinajstić information content (AvgIpc) is 2.84. The van der Waals surface area contributed by atoms with Gasteiger partial charge in [0.2, 0.25) is 0 Å². The van der Waals surface area contributed by atoms with Gasteiger partial charge >= 0.3 is 0 Å². The fourth-order valence-electron chi connectivity index (χ4n) is 2.76. The van der Waals surface area contributed by atoms with Gasteiger partial charge in [-0.25, -0.2) is 0 Å². The number of aryl methyl sites for hydroxylation is 1. The molecule has 106 valence electrons. The zero-order valence-electron chi connectivity index (χ0n) is 11.6. The van der Waals surface area contributed by atoms with E-state index in [1.165, 1.54) is 5.56 Å². The van der Waals surface area contributed by atoms with Crippen molar-refractivity contribution in [1.29, 1.82) is 0 Å². The highest BCUT2D eigenvalue weighted by Gasteiger charge is 2.36. The molecule has 0 amide bonds. The van der Waals surface area contributed by atoms with E-state index in [2.05, 4.69) is 16.5 Å². The molecule has 2 unspecified atom stereocenters. The monoisotopic (exact) mass is 265 g/mol. The van der Waals surface area contributed by atoms with Gasteiger partial charge in [0.15, 0.2) is 6.29 Å². The number of aromatic nitrogens is 1. The number of hydrazine groups is 1. The van der Waals surface area contributed by atoms with E-state index in [4.69, 9.17) is 15.3 Å². The summed E-state index contributed by atoms with van der Waals surface area (Å²) in [6.45, 7) is 5.12. The molecule has 3 N–H and O–H groups in total. The second kappa shape index (κ2) is 6.96. The third-order valence-corrected chi connectivity index (χ3v) is 3.58. The fraction of sp³-hybridized carbons (Fsp3) is 0.643. The van der Waals surface area contributed by atoms with Crippen LogP contribution in [0.4, 0.5) is 0 Å². The lowest BCUT2D eigenvalue weighted by Crippen LogP contribution is -2.50. The van der Waals surface area contributed by atoms with Crippen LogP contribution in [0, 0.1) is 0 Å². The number of fused-ring (bicyclic) bond motifs is 1. The van der Waals surface area contributed by atoms with Crippen molar-refractivity contribution in [3.8, 4) is 0 Å². The van der Waals surface area contributed by atoms with E-state index < -0.39 is 0 Å². The van der Waals surface area contributed by atoms with Crippen LogP contribution >= 0.6 is 0 Å². The van der Waals surface area contributed by atoms with Crippen molar-refractivity contribution in [1.82, 2.24) is 10.4 Å². The summed E-state index contributed by atoms with van der Waals surface area (Å²) in [6, 6.07) is 4.04. The molecule has 5 heteroatoms. The summed E-state index contributed by atoms with van der Waals surface area (Å²) in [4.78, 5) is 4.51. The Morgan fingerprint density at radius 2 is 2.16 bits per heavy atom. The molecular formula is C14H23N3O2. The third kappa shape index (κ3) is 3.12. The minimum Gasteiger partial charge on any atom is -0.351 e. The molecule has 0 saturated heterocycles. The summed E-state index contributed by atoms with van der Waals surface area (Å²) in [5.74, 6) is 5.97. The third-order valence-electron chi connectivity index (χ3n) is 3.58. The van der Waals surface area contributed by atoms with Crippen LogP contribution in [0.2, 0.25) is 0 Å². The molecule has 0 bridgehead atoms. The number of nitrogens with zero attached hydrogens (tertiary/aromatic N) is 1. The Kier molecular flexibility index (Phi) is 5.27. The van der Waals surface area contributed by atoms with Crippen molar-refractivity contribution < 1.29 is 9.47 Å². The second-order valence-electron chi connectivity index (χ2n) is 4.66. The molecule has 19 heavy (non-hydrogen) atoms. The molecule has 1 aromatic heterocycles. The number of hydrogen-bond acceptors (Lipinski definition) is 5. The highest BCUT2D eigenvalue weighted by atomic mass is 16.7.